The quantitative estimate of drug-likeness (QED) is 0.193. The molecule has 0 aromatic heterocycles. The van der Waals surface area contributed by atoms with E-state index in [-0.39, 0.29) is 5.41 Å². The topological polar surface area (TPSA) is 15.3 Å². The first-order valence-corrected chi connectivity index (χ1v) is 19.5. The molecule has 2 heteroatoms. The van der Waals surface area contributed by atoms with Gasteiger partial charge in [0.15, 0.2) is 0 Å². The first-order chi connectivity index (χ1) is 27.2. The highest BCUT2D eigenvalue weighted by Gasteiger charge is 2.56. The number of fused-ring (bicyclic) bond motifs is 17. The van der Waals surface area contributed by atoms with Gasteiger partial charge in [-0.3, -0.25) is 0 Å². The third kappa shape index (κ3) is 3.70. The lowest BCUT2D eigenvalue weighted by molar-refractivity contribution is 0.515. The first kappa shape index (κ1) is 30.8. The van der Waals surface area contributed by atoms with Gasteiger partial charge in [-0.1, -0.05) is 170 Å². The standard InChI is InChI=1S/C53H38N2/c1-51(39-22-6-8-24-41(39)53(42-25-9-7-23-40(42)51)43-26-10-14-30-47(43)54-48-31-15-11-27-44(48)53)34-55-49-32-16-12-28-45(49)52(46-29-13-17-33-50(46)55)37-20-4-2-18-35(37)36-19-3-5-21-38(36)52/h2-33,54H,34H2,1H3. The van der Waals surface area contributed by atoms with Crippen molar-refractivity contribution in [2.75, 3.05) is 16.8 Å². The van der Waals surface area contributed by atoms with Crippen LogP contribution in [0.4, 0.5) is 22.7 Å². The number of hydrogen-bond acceptors (Lipinski definition) is 2. The summed E-state index contributed by atoms with van der Waals surface area (Å²) in [4.78, 5) is 2.65. The number of para-hydroxylation sites is 4. The molecule has 0 unspecified atom stereocenters. The Labute approximate surface area is 322 Å². The molecule has 260 valence electrons. The first-order valence-electron chi connectivity index (χ1n) is 19.5. The van der Waals surface area contributed by atoms with Crippen LogP contribution in [0.2, 0.25) is 0 Å². The summed E-state index contributed by atoms with van der Waals surface area (Å²) >= 11 is 0. The van der Waals surface area contributed by atoms with Crippen LogP contribution in [0.5, 0.6) is 0 Å². The fourth-order valence-corrected chi connectivity index (χ4v) is 11.4. The molecule has 4 aliphatic rings. The number of nitrogens with one attached hydrogen (secondary N) is 1. The second-order valence-corrected chi connectivity index (χ2v) is 15.9. The SMILES string of the molecule is CC1(CN2c3ccccc3C3(c4ccccc4-c4ccccc43)c3ccccc32)c2ccccc2C2(c3ccccc3Nc3ccccc32)c2ccccc21. The third-order valence-corrected chi connectivity index (χ3v) is 13.4. The fraction of sp³-hybridized carbons (Fsp3) is 0.0943. The summed E-state index contributed by atoms with van der Waals surface area (Å²) in [6, 6.07) is 73.0. The number of hydrogen-bond donors (Lipinski definition) is 1. The van der Waals surface area contributed by atoms with E-state index in [2.05, 4.69) is 211 Å². The lowest BCUT2D eigenvalue weighted by Crippen LogP contribution is -2.49. The van der Waals surface area contributed by atoms with E-state index in [4.69, 9.17) is 0 Å². The van der Waals surface area contributed by atoms with E-state index < -0.39 is 10.8 Å². The molecule has 2 aliphatic carbocycles. The molecule has 0 fully saturated rings. The molecule has 1 N–H and O–H groups in total. The van der Waals surface area contributed by atoms with Crippen LogP contribution in [0, 0.1) is 0 Å². The molecule has 2 spiro atoms. The molecule has 12 rings (SSSR count). The summed E-state index contributed by atoms with van der Waals surface area (Å²) in [7, 11) is 0. The van der Waals surface area contributed by atoms with Crippen LogP contribution < -0.4 is 10.2 Å². The van der Waals surface area contributed by atoms with Gasteiger partial charge < -0.3 is 10.2 Å². The van der Waals surface area contributed by atoms with Gasteiger partial charge in [0.1, 0.15) is 0 Å². The number of nitrogens with zero attached hydrogens (tertiary/aromatic N) is 1. The van der Waals surface area contributed by atoms with Crippen LogP contribution in [0.15, 0.2) is 194 Å². The van der Waals surface area contributed by atoms with Crippen molar-refractivity contribution in [3.63, 3.8) is 0 Å². The van der Waals surface area contributed by atoms with Crippen LogP contribution in [0.25, 0.3) is 11.1 Å². The van der Waals surface area contributed by atoms with E-state index in [1.807, 2.05) is 0 Å². The third-order valence-electron chi connectivity index (χ3n) is 13.4. The van der Waals surface area contributed by atoms with Gasteiger partial charge in [0.25, 0.3) is 0 Å². The summed E-state index contributed by atoms with van der Waals surface area (Å²) in [5, 5.41) is 3.81. The summed E-state index contributed by atoms with van der Waals surface area (Å²) in [6.07, 6.45) is 0. The average molecular weight is 703 g/mol. The minimum atomic E-state index is -0.482. The van der Waals surface area contributed by atoms with Gasteiger partial charge in [0.2, 0.25) is 0 Å². The zero-order valence-corrected chi connectivity index (χ0v) is 30.6. The van der Waals surface area contributed by atoms with Gasteiger partial charge in [-0.2, -0.15) is 0 Å². The number of benzene rings is 8. The highest BCUT2D eigenvalue weighted by molar-refractivity contribution is 5.93. The maximum atomic E-state index is 3.81. The van der Waals surface area contributed by atoms with E-state index >= 15 is 0 Å². The Morgan fingerprint density at radius 3 is 1.15 bits per heavy atom. The molecule has 2 aliphatic heterocycles. The van der Waals surface area contributed by atoms with Crippen molar-refractivity contribution in [1.29, 1.82) is 0 Å². The lowest BCUT2D eigenvalue weighted by Gasteiger charge is -2.53. The van der Waals surface area contributed by atoms with E-state index in [1.165, 1.54) is 78.1 Å². The van der Waals surface area contributed by atoms with Crippen molar-refractivity contribution in [3.05, 3.63) is 250 Å². The second-order valence-electron chi connectivity index (χ2n) is 15.9. The minimum Gasteiger partial charge on any atom is -0.355 e. The molecule has 8 aromatic carbocycles. The summed E-state index contributed by atoms with van der Waals surface area (Å²) in [6.45, 7) is 3.26. The lowest BCUT2D eigenvalue weighted by atomic mass is 9.52. The predicted molar refractivity (Wildman–Crippen MR) is 225 cm³/mol. The molecule has 0 atom stereocenters. The maximum absolute atomic E-state index is 3.81. The average Bonchev–Trinajstić information content (AvgIpc) is 3.55. The Morgan fingerprint density at radius 2 is 0.673 bits per heavy atom. The zero-order chi connectivity index (χ0) is 36.4. The van der Waals surface area contributed by atoms with E-state index in [9.17, 15) is 0 Å². The van der Waals surface area contributed by atoms with Gasteiger partial charge in [0, 0.05) is 34.7 Å². The van der Waals surface area contributed by atoms with Gasteiger partial charge in [0.05, 0.1) is 10.8 Å². The highest BCUT2D eigenvalue weighted by atomic mass is 15.2. The summed E-state index contributed by atoms with van der Waals surface area (Å²) in [5.41, 5.74) is 19.7. The minimum absolute atomic E-state index is 0.372. The Kier molecular flexibility index (Phi) is 6.14. The monoisotopic (exact) mass is 702 g/mol. The fourth-order valence-electron chi connectivity index (χ4n) is 11.4. The summed E-state index contributed by atoms with van der Waals surface area (Å²) < 4.78 is 0. The van der Waals surface area contributed by atoms with Crippen molar-refractivity contribution in [3.8, 4) is 11.1 Å². The Balaban J connectivity index is 1.13. The van der Waals surface area contributed by atoms with Crippen LogP contribution in [-0.2, 0) is 16.2 Å². The predicted octanol–water partition coefficient (Wildman–Crippen LogP) is 12.3. The van der Waals surface area contributed by atoms with E-state index in [0.29, 0.717) is 0 Å². The molecule has 0 radical (unpaired) electrons. The van der Waals surface area contributed by atoms with Crippen LogP contribution in [0.3, 0.4) is 0 Å². The molecular weight excluding hydrogens is 665 g/mol. The van der Waals surface area contributed by atoms with Crippen molar-refractivity contribution in [1.82, 2.24) is 0 Å². The zero-order valence-electron chi connectivity index (χ0n) is 30.6. The van der Waals surface area contributed by atoms with E-state index in [0.717, 1.165) is 17.9 Å². The van der Waals surface area contributed by atoms with Crippen molar-refractivity contribution in [2.24, 2.45) is 0 Å². The molecule has 2 heterocycles. The Hall–Kier alpha value is -6.64. The maximum Gasteiger partial charge on any atom is 0.0754 e. The molecule has 55 heavy (non-hydrogen) atoms. The molecule has 0 saturated heterocycles. The van der Waals surface area contributed by atoms with E-state index in [1.54, 1.807) is 0 Å². The molecular formula is C53H38N2. The second kappa shape index (κ2) is 11.0. The normalized spacial score (nSPS) is 16.3. The number of rotatable bonds is 2. The molecule has 0 saturated carbocycles. The van der Waals surface area contributed by atoms with Crippen molar-refractivity contribution < 1.29 is 0 Å². The molecule has 0 bridgehead atoms. The Morgan fingerprint density at radius 1 is 0.345 bits per heavy atom. The van der Waals surface area contributed by atoms with Crippen LogP contribution in [0.1, 0.15) is 62.6 Å². The Bertz CT molecular complexity index is 2690. The van der Waals surface area contributed by atoms with Crippen molar-refractivity contribution in [2.45, 2.75) is 23.2 Å². The van der Waals surface area contributed by atoms with Crippen molar-refractivity contribution >= 4 is 22.7 Å². The van der Waals surface area contributed by atoms with Crippen LogP contribution >= 0.6 is 0 Å². The van der Waals surface area contributed by atoms with Gasteiger partial charge >= 0.3 is 0 Å². The largest absolute Gasteiger partial charge is 0.355 e. The molecule has 0 amide bonds. The molecule has 8 aromatic rings. The summed E-state index contributed by atoms with van der Waals surface area (Å²) in [5.74, 6) is 0. The highest BCUT2D eigenvalue weighted by Crippen LogP contribution is 2.64. The van der Waals surface area contributed by atoms with Crippen LogP contribution in [-0.4, -0.2) is 6.54 Å². The smallest absolute Gasteiger partial charge is 0.0754 e. The number of anilines is 4. The van der Waals surface area contributed by atoms with Gasteiger partial charge in [-0.05, 0) is 98.0 Å². The molecule has 2 nitrogen and oxygen atoms in total. The van der Waals surface area contributed by atoms with Gasteiger partial charge in [-0.15, -0.1) is 0 Å². The van der Waals surface area contributed by atoms with Gasteiger partial charge in [-0.25, -0.2) is 0 Å².